The van der Waals surface area contributed by atoms with E-state index in [1.165, 1.54) is 36.4 Å². The van der Waals surface area contributed by atoms with E-state index in [1.54, 1.807) is 54.6 Å². The number of carbonyl (C=O) groups excluding carboxylic acids is 5. The minimum atomic E-state index is -2.24. The second-order valence-corrected chi connectivity index (χ2v) is 7.69. The quantitative estimate of drug-likeness (QED) is 0.225. The zero-order valence-corrected chi connectivity index (χ0v) is 19.3. The molecule has 1 amide bonds. The number of hydrogen-bond acceptors (Lipinski definition) is 9. The third-order valence-corrected chi connectivity index (χ3v) is 5.14. The smallest absolute Gasteiger partial charge is 0.338 e. The summed E-state index contributed by atoms with van der Waals surface area (Å²) >= 11 is 0. The number of rotatable bonds is 11. The molecule has 0 aliphatic heterocycles. The van der Waals surface area contributed by atoms with E-state index in [0.717, 1.165) is 0 Å². The van der Waals surface area contributed by atoms with Gasteiger partial charge in [0.1, 0.15) is 0 Å². The van der Waals surface area contributed by atoms with Crippen LogP contribution in [0.5, 0.6) is 0 Å². The Morgan fingerprint density at radius 2 is 0.973 bits per heavy atom. The maximum atomic E-state index is 12.9. The van der Waals surface area contributed by atoms with Gasteiger partial charge in [0, 0.05) is 0 Å². The van der Waals surface area contributed by atoms with Crippen molar-refractivity contribution in [3.05, 3.63) is 108 Å². The van der Waals surface area contributed by atoms with Crippen LogP contribution in [0.3, 0.4) is 0 Å². The number of carbonyl (C=O) groups is 5. The highest BCUT2D eigenvalue weighted by molar-refractivity contribution is 5.92. The van der Waals surface area contributed by atoms with E-state index in [1.807, 2.05) is 0 Å². The van der Waals surface area contributed by atoms with Gasteiger partial charge in [0.25, 0.3) is 0 Å². The molecule has 0 radical (unpaired) electrons. The summed E-state index contributed by atoms with van der Waals surface area (Å²) in [6.45, 7) is 0. The van der Waals surface area contributed by atoms with Crippen LogP contribution < -0.4 is 5.73 Å². The van der Waals surface area contributed by atoms with Gasteiger partial charge < -0.3 is 25.1 Å². The Morgan fingerprint density at radius 3 is 1.32 bits per heavy atom. The van der Waals surface area contributed by atoms with Gasteiger partial charge in [-0.1, -0.05) is 54.6 Å². The molecule has 37 heavy (non-hydrogen) atoms. The highest BCUT2D eigenvalue weighted by Gasteiger charge is 2.44. The van der Waals surface area contributed by atoms with Gasteiger partial charge in [0.15, 0.2) is 30.7 Å². The van der Waals surface area contributed by atoms with Crippen LogP contribution >= 0.6 is 0 Å². The number of ether oxygens (including phenoxy) is 3. The van der Waals surface area contributed by atoms with Gasteiger partial charge >= 0.3 is 17.9 Å². The van der Waals surface area contributed by atoms with E-state index in [4.69, 9.17) is 19.9 Å². The lowest BCUT2D eigenvalue weighted by Gasteiger charge is -2.31. The molecule has 4 atom stereocenters. The van der Waals surface area contributed by atoms with Crippen molar-refractivity contribution in [3.63, 3.8) is 0 Å². The number of amides is 1. The average molecular weight is 505 g/mol. The van der Waals surface area contributed by atoms with Crippen molar-refractivity contribution in [1.29, 1.82) is 0 Å². The molecule has 3 aromatic carbocycles. The van der Waals surface area contributed by atoms with E-state index in [0.29, 0.717) is 0 Å². The first-order valence-electron chi connectivity index (χ1n) is 11.0. The summed E-state index contributed by atoms with van der Waals surface area (Å²) in [5, 5.41) is 10.5. The summed E-state index contributed by atoms with van der Waals surface area (Å²) in [6, 6.07) is 22.7. The predicted molar refractivity (Wildman–Crippen MR) is 128 cm³/mol. The first-order valence-corrected chi connectivity index (χ1v) is 11.0. The van der Waals surface area contributed by atoms with Crippen LogP contribution in [0, 0.1) is 0 Å². The third kappa shape index (κ3) is 7.09. The Bertz CT molecular complexity index is 1230. The molecule has 0 saturated heterocycles. The van der Waals surface area contributed by atoms with Gasteiger partial charge in [-0.15, -0.1) is 0 Å². The molecular formula is C27H23NO9. The first kappa shape index (κ1) is 26.8. The largest absolute Gasteiger partial charge is 0.451 e. The molecule has 0 aromatic heterocycles. The monoisotopic (exact) mass is 505 g/mol. The fourth-order valence-corrected chi connectivity index (χ4v) is 3.26. The highest BCUT2D eigenvalue weighted by atomic mass is 16.6. The Balaban J connectivity index is 1.99. The molecule has 10 heteroatoms. The Hall–Kier alpha value is -4.83. The second-order valence-electron chi connectivity index (χ2n) is 7.69. The van der Waals surface area contributed by atoms with E-state index in [-0.39, 0.29) is 23.0 Å². The summed E-state index contributed by atoms with van der Waals surface area (Å²) < 4.78 is 16.0. The van der Waals surface area contributed by atoms with Crippen LogP contribution in [0.25, 0.3) is 0 Å². The number of benzene rings is 3. The van der Waals surface area contributed by atoms with Crippen molar-refractivity contribution in [2.45, 2.75) is 24.4 Å². The van der Waals surface area contributed by atoms with E-state index in [2.05, 4.69) is 0 Å². The van der Waals surface area contributed by atoms with Crippen molar-refractivity contribution < 1.29 is 43.3 Å². The fraction of sp³-hybridized carbons (Fsp3) is 0.148. The van der Waals surface area contributed by atoms with Crippen LogP contribution in [-0.4, -0.2) is 59.6 Å². The van der Waals surface area contributed by atoms with Gasteiger partial charge in [-0.2, -0.15) is 0 Å². The van der Waals surface area contributed by atoms with Crippen molar-refractivity contribution in [3.8, 4) is 0 Å². The van der Waals surface area contributed by atoms with Gasteiger partial charge in [-0.05, 0) is 36.4 Å². The zero-order chi connectivity index (χ0) is 26.8. The normalized spacial score (nSPS) is 13.8. The molecule has 190 valence electrons. The Kier molecular flexibility index (Phi) is 9.23. The summed E-state index contributed by atoms with van der Waals surface area (Å²) in [6.07, 6.45) is -7.98. The molecule has 0 bridgehead atoms. The minimum Gasteiger partial charge on any atom is -0.451 e. The second kappa shape index (κ2) is 12.8. The zero-order valence-electron chi connectivity index (χ0n) is 19.3. The molecule has 3 aromatic rings. The lowest BCUT2D eigenvalue weighted by Crippen LogP contribution is -2.54. The van der Waals surface area contributed by atoms with Gasteiger partial charge in [-0.25, -0.2) is 14.4 Å². The number of aliphatic hydroxyl groups is 1. The lowest BCUT2D eigenvalue weighted by atomic mass is 10.0. The molecule has 0 fully saturated rings. The molecule has 10 nitrogen and oxygen atoms in total. The topological polar surface area (TPSA) is 159 Å². The van der Waals surface area contributed by atoms with Crippen LogP contribution in [0.15, 0.2) is 91.0 Å². The van der Waals surface area contributed by atoms with E-state index in [9.17, 15) is 29.1 Å². The molecule has 3 rings (SSSR count). The van der Waals surface area contributed by atoms with Gasteiger partial charge in [0.05, 0.1) is 16.7 Å². The van der Waals surface area contributed by atoms with Crippen molar-refractivity contribution >= 4 is 30.1 Å². The van der Waals surface area contributed by atoms with Gasteiger partial charge in [-0.3, -0.25) is 9.59 Å². The molecule has 0 spiro atoms. The molecule has 0 aliphatic rings. The minimum absolute atomic E-state index is 0.0289. The van der Waals surface area contributed by atoms with Crippen molar-refractivity contribution in [2.24, 2.45) is 5.73 Å². The lowest BCUT2D eigenvalue weighted by molar-refractivity contribution is -0.150. The predicted octanol–water partition coefficient (Wildman–Crippen LogP) is 1.71. The summed E-state index contributed by atoms with van der Waals surface area (Å²) in [5.41, 5.74) is 5.38. The Morgan fingerprint density at radius 1 is 0.622 bits per heavy atom. The Labute approximate surface area is 211 Å². The standard InChI is InChI=1S/C27H23NO9/c28-24(31)21(30)23(37-27(34)19-14-8-3-9-15-19)22(36-26(33)18-12-6-2-7-13-18)20(16-29)35-25(32)17-10-4-1-5-11-17/h1-16,20-23,30H,(H2,28,31)/t20-,21+,22+,23+/m0/s1. The highest BCUT2D eigenvalue weighted by Crippen LogP contribution is 2.20. The van der Waals surface area contributed by atoms with Crippen LogP contribution in [0.2, 0.25) is 0 Å². The van der Waals surface area contributed by atoms with Crippen LogP contribution in [0.4, 0.5) is 0 Å². The number of primary amides is 1. The number of nitrogens with two attached hydrogens (primary N) is 1. The number of aliphatic hydroxyl groups excluding tert-OH is 1. The summed E-state index contributed by atoms with van der Waals surface area (Å²) in [7, 11) is 0. The van der Waals surface area contributed by atoms with Crippen molar-refractivity contribution in [2.75, 3.05) is 0 Å². The number of esters is 3. The SMILES string of the molecule is NC(=O)[C@H](O)[C@@H](OC(=O)c1ccccc1)[C@H](OC(=O)c1ccccc1)[C@H](C=O)OC(=O)c1ccccc1. The molecule has 3 N–H and O–H groups in total. The number of hydrogen-bond donors (Lipinski definition) is 2. The summed E-state index contributed by atoms with van der Waals surface area (Å²) in [5.74, 6) is -4.35. The van der Waals surface area contributed by atoms with E-state index < -0.39 is 48.2 Å². The van der Waals surface area contributed by atoms with Crippen LogP contribution in [-0.2, 0) is 23.8 Å². The van der Waals surface area contributed by atoms with E-state index >= 15 is 0 Å². The molecule has 0 saturated carbocycles. The molecule has 0 unspecified atom stereocenters. The molecule has 0 aliphatic carbocycles. The first-order chi connectivity index (χ1) is 17.8. The number of aldehydes is 1. The van der Waals surface area contributed by atoms with Crippen molar-refractivity contribution in [1.82, 2.24) is 0 Å². The van der Waals surface area contributed by atoms with Gasteiger partial charge in [0.2, 0.25) is 5.91 Å². The maximum absolute atomic E-state index is 12.9. The molecule has 0 heterocycles. The maximum Gasteiger partial charge on any atom is 0.338 e. The average Bonchev–Trinajstić information content (AvgIpc) is 2.94. The third-order valence-electron chi connectivity index (χ3n) is 5.14. The summed E-state index contributed by atoms with van der Waals surface area (Å²) in [4.78, 5) is 62.3. The van der Waals surface area contributed by atoms with Crippen LogP contribution in [0.1, 0.15) is 31.1 Å². The fourth-order valence-electron chi connectivity index (χ4n) is 3.26. The molecular weight excluding hydrogens is 482 g/mol.